The highest BCUT2D eigenvalue weighted by atomic mass is 32.2. The van der Waals surface area contributed by atoms with E-state index in [9.17, 15) is 18.3 Å². The number of nitrogens with one attached hydrogen (secondary N) is 1. The number of hydrogen-bond acceptors (Lipinski definition) is 5. The summed E-state index contributed by atoms with van der Waals surface area (Å²) in [6, 6.07) is 4.80. The monoisotopic (exact) mass is 355 g/mol. The molecule has 0 fully saturated rings. The lowest BCUT2D eigenvalue weighted by Gasteiger charge is -2.38. The zero-order chi connectivity index (χ0) is 18.0. The molecule has 0 saturated heterocycles. The Balaban J connectivity index is 2.12. The van der Waals surface area contributed by atoms with Crippen LogP contribution in [0.5, 0.6) is 5.75 Å². The summed E-state index contributed by atoms with van der Waals surface area (Å²) in [5.41, 5.74) is 0.662. The third kappa shape index (κ3) is 4.70. The molecule has 1 aromatic rings. The summed E-state index contributed by atoms with van der Waals surface area (Å²) in [5.74, 6) is 0.0121. The lowest BCUT2D eigenvalue weighted by atomic mass is 9.89. The van der Waals surface area contributed by atoms with Crippen molar-refractivity contribution < 1.29 is 23.1 Å². The lowest BCUT2D eigenvalue weighted by molar-refractivity contribution is 0.0654. The quantitative estimate of drug-likeness (QED) is 0.730. The molecule has 1 aliphatic rings. The van der Waals surface area contributed by atoms with Gasteiger partial charge in [-0.2, -0.15) is 0 Å². The first-order valence-corrected chi connectivity index (χ1v) is 9.96. The Morgan fingerprint density at radius 3 is 2.75 bits per heavy atom. The van der Waals surface area contributed by atoms with Crippen LogP contribution in [-0.4, -0.2) is 43.1 Å². The molecule has 24 heavy (non-hydrogen) atoms. The van der Waals surface area contributed by atoms with E-state index in [1.54, 1.807) is 19.1 Å². The predicted octanol–water partition coefficient (Wildman–Crippen LogP) is 2.40. The van der Waals surface area contributed by atoms with Crippen LogP contribution < -0.4 is 10.1 Å². The minimum atomic E-state index is -2.97. The van der Waals surface area contributed by atoms with Gasteiger partial charge in [0.1, 0.15) is 21.2 Å². The minimum Gasteiger partial charge on any atom is -0.487 e. The van der Waals surface area contributed by atoms with Crippen molar-refractivity contribution in [1.29, 1.82) is 0 Å². The molecule has 0 amide bonds. The van der Waals surface area contributed by atoms with Crippen molar-refractivity contribution in [1.82, 2.24) is 5.32 Å². The van der Waals surface area contributed by atoms with Crippen molar-refractivity contribution in [2.45, 2.75) is 45.3 Å². The molecule has 0 radical (unpaired) electrons. The lowest BCUT2D eigenvalue weighted by Crippen LogP contribution is -2.40. The van der Waals surface area contributed by atoms with Gasteiger partial charge in [-0.25, -0.2) is 13.2 Å². The van der Waals surface area contributed by atoms with Crippen LogP contribution in [0.3, 0.4) is 0 Å². The van der Waals surface area contributed by atoms with Crippen LogP contribution in [0.2, 0.25) is 0 Å². The summed E-state index contributed by atoms with van der Waals surface area (Å²) in [5, 5.41) is 12.5. The molecule has 0 aliphatic carbocycles. The van der Waals surface area contributed by atoms with Crippen molar-refractivity contribution in [3.8, 4) is 5.75 Å². The van der Waals surface area contributed by atoms with E-state index in [2.05, 4.69) is 5.32 Å². The first-order chi connectivity index (χ1) is 11.1. The molecule has 1 aliphatic heterocycles. The summed E-state index contributed by atoms with van der Waals surface area (Å²) in [7, 11) is -2.97. The molecule has 2 rings (SSSR count). The first kappa shape index (κ1) is 18.7. The molecule has 2 N–H and O–H groups in total. The first-order valence-electron chi connectivity index (χ1n) is 8.13. The SMILES string of the molecule is CCS(=O)(=O)CCCNC1CC(C)(C)Oc2ccc(C(=O)O)cc21. The van der Waals surface area contributed by atoms with Crippen LogP contribution in [0, 0.1) is 0 Å². The zero-order valence-corrected chi connectivity index (χ0v) is 15.1. The molecule has 1 heterocycles. The maximum absolute atomic E-state index is 11.6. The van der Waals surface area contributed by atoms with Crippen LogP contribution in [0.25, 0.3) is 0 Å². The van der Waals surface area contributed by atoms with Gasteiger partial charge in [0.25, 0.3) is 0 Å². The number of carboxylic acids is 1. The number of aromatic carboxylic acids is 1. The third-order valence-electron chi connectivity index (χ3n) is 4.18. The molecule has 0 spiro atoms. The van der Waals surface area contributed by atoms with E-state index in [-0.39, 0.29) is 28.7 Å². The van der Waals surface area contributed by atoms with Crippen molar-refractivity contribution in [2.24, 2.45) is 0 Å². The number of carbonyl (C=O) groups is 1. The normalized spacial score (nSPS) is 19.4. The topological polar surface area (TPSA) is 92.7 Å². The van der Waals surface area contributed by atoms with Crippen LogP contribution in [-0.2, 0) is 9.84 Å². The fourth-order valence-corrected chi connectivity index (χ4v) is 3.76. The van der Waals surface area contributed by atoms with Crippen LogP contribution in [0.4, 0.5) is 0 Å². The van der Waals surface area contributed by atoms with E-state index in [0.29, 0.717) is 25.1 Å². The fraction of sp³-hybridized carbons (Fsp3) is 0.588. The Bertz CT molecular complexity index is 712. The zero-order valence-electron chi connectivity index (χ0n) is 14.3. The number of sulfone groups is 1. The number of rotatable bonds is 7. The fourth-order valence-electron chi connectivity index (χ4n) is 2.88. The summed E-state index contributed by atoms with van der Waals surface area (Å²) in [6.45, 7) is 6.17. The standard InChI is InChI=1S/C17H25NO5S/c1-4-24(21,22)9-5-8-18-14-11-17(2,3)23-15-7-6-12(16(19)20)10-13(14)15/h6-7,10,14,18H,4-5,8-9,11H2,1-3H3,(H,19,20). The van der Waals surface area contributed by atoms with Crippen molar-refractivity contribution in [3.63, 3.8) is 0 Å². The molecule has 7 heteroatoms. The van der Waals surface area contributed by atoms with Gasteiger partial charge in [0.15, 0.2) is 0 Å². The van der Waals surface area contributed by atoms with Gasteiger partial charge >= 0.3 is 5.97 Å². The maximum atomic E-state index is 11.6. The van der Waals surface area contributed by atoms with Gasteiger partial charge in [0, 0.05) is 23.8 Å². The van der Waals surface area contributed by atoms with E-state index in [0.717, 1.165) is 5.56 Å². The number of hydrogen-bond donors (Lipinski definition) is 2. The number of fused-ring (bicyclic) bond motifs is 1. The van der Waals surface area contributed by atoms with Crippen molar-refractivity contribution in [3.05, 3.63) is 29.3 Å². The van der Waals surface area contributed by atoms with Gasteiger partial charge < -0.3 is 15.2 Å². The van der Waals surface area contributed by atoms with Gasteiger partial charge in [-0.05, 0) is 45.0 Å². The number of ether oxygens (including phenoxy) is 1. The van der Waals surface area contributed by atoms with Crippen LogP contribution in [0.15, 0.2) is 18.2 Å². The van der Waals surface area contributed by atoms with E-state index < -0.39 is 15.8 Å². The highest BCUT2D eigenvalue weighted by molar-refractivity contribution is 7.91. The average Bonchev–Trinajstić information content (AvgIpc) is 2.50. The largest absolute Gasteiger partial charge is 0.487 e. The molecule has 1 aromatic carbocycles. The second-order valence-electron chi connectivity index (χ2n) is 6.72. The molecule has 1 atom stereocenters. The second-order valence-corrected chi connectivity index (χ2v) is 9.19. The number of benzene rings is 1. The molecule has 0 saturated carbocycles. The molecule has 0 aromatic heterocycles. The van der Waals surface area contributed by atoms with Crippen LogP contribution in [0.1, 0.15) is 55.6 Å². The smallest absolute Gasteiger partial charge is 0.335 e. The Morgan fingerprint density at radius 2 is 2.12 bits per heavy atom. The summed E-state index contributed by atoms with van der Waals surface area (Å²) < 4.78 is 29.1. The molecule has 134 valence electrons. The second kappa shape index (κ2) is 7.11. The molecular formula is C17H25NO5S. The molecule has 0 bridgehead atoms. The summed E-state index contributed by atoms with van der Waals surface area (Å²) in [4.78, 5) is 11.2. The predicted molar refractivity (Wildman–Crippen MR) is 92.4 cm³/mol. The van der Waals surface area contributed by atoms with Gasteiger partial charge in [-0.15, -0.1) is 0 Å². The van der Waals surface area contributed by atoms with E-state index in [1.807, 2.05) is 13.8 Å². The van der Waals surface area contributed by atoms with E-state index in [4.69, 9.17) is 4.74 Å². The molecular weight excluding hydrogens is 330 g/mol. The highest BCUT2D eigenvalue weighted by Gasteiger charge is 2.33. The minimum absolute atomic E-state index is 0.0626. The third-order valence-corrected chi connectivity index (χ3v) is 5.97. The van der Waals surface area contributed by atoms with E-state index >= 15 is 0 Å². The van der Waals surface area contributed by atoms with Crippen molar-refractivity contribution >= 4 is 15.8 Å². The van der Waals surface area contributed by atoms with Gasteiger partial charge in [-0.1, -0.05) is 6.92 Å². The van der Waals surface area contributed by atoms with Crippen LogP contribution >= 0.6 is 0 Å². The van der Waals surface area contributed by atoms with Gasteiger partial charge in [-0.3, -0.25) is 0 Å². The number of carboxylic acid groups (broad SMARTS) is 1. The Kier molecular flexibility index (Phi) is 5.55. The van der Waals surface area contributed by atoms with E-state index in [1.165, 1.54) is 6.07 Å². The Hall–Kier alpha value is -1.60. The Morgan fingerprint density at radius 1 is 1.42 bits per heavy atom. The van der Waals surface area contributed by atoms with Crippen molar-refractivity contribution in [2.75, 3.05) is 18.1 Å². The summed E-state index contributed by atoms with van der Waals surface area (Å²) >= 11 is 0. The molecule has 6 nitrogen and oxygen atoms in total. The summed E-state index contributed by atoms with van der Waals surface area (Å²) in [6.07, 6.45) is 1.21. The van der Waals surface area contributed by atoms with Gasteiger partial charge in [0.05, 0.1) is 11.3 Å². The maximum Gasteiger partial charge on any atom is 0.335 e. The van der Waals surface area contributed by atoms with Gasteiger partial charge in [0.2, 0.25) is 0 Å². The highest BCUT2D eigenvalue weighted by Crippen LogP contribution is 2.39. The molecule has 1 unspecified atom stereocenters. The Labute approximate surface area is 143 Å². The average molecular weight is 355 g/mol.